The monoisotopic (exact) mass is 173 g/mol. The highest BCUT2D eigenvalue weighted by Gasteiger charge is 2.22. The minimum Gasteiger partial charge on any atom is -0.353 e. The van der Waals surface area contributed by atoms with Crippen LogP contribution in [0.1, 0.15) is 19.8 Å². The maximum absolute atomic E-state index is 10.9. The Bertz CT molecular complexity index is 177. The molecule has 0 aliphatic heterocycles. The van der Waals surface area contributed by atoms with Gasteiger partial charge in [0.05, 0.1) is 5.75 Å². The quantitative estimate of drug-likeness (QED) is 0.677. The summed E-state index contributed by atoms with van der Waals surface area (Å²) >= 11 is 1.06. The summed E-state index contributed by atoms with van der Waals surface area (Å²) in [6, 6.07) is 0.398. The average molecular weight is 173 g/mol. The number of thioether (sulfide) groups is 1. The molecule has 11 heavy (non-hydrogen) atoms. The van der Waals surface area contributed by atoms with Crippen molar-refractivity contribution in [1.82, 2.24) is 5.32 Å². The Morgan fingerprint density at radius 3 is 2.64 bits per heavy atom. The van der Waals surface area contributed by atoms with Crippen LogP contribution in [-0.4, -0.2) is 22.8 Å². The molecule has 1 aliphatic rings. The standard InChI is InChI=1S/C7H11NO2S/c1-5(9)11-4-7(10)8-6-2-3-6/h6H,2-4H2,1H3,(H,8,10). The maximum atomic E-state index is 10.9. The molecule has 0 heterocycles. The fourth-order valence-corrected chi connectivity index (χ4v) is 1.08. The third-order valence-corrected chi connectivity index (χ3v) is 2.16. The predicted molar refractivity (Wildman–Crippen MR) is 44.3 cm³/mol. The van der Waals surface area contributed by atoms with Crippen LogP contribution in [0.2, 0.25) is 0 Å². The van der Waals surface area contributed by atoms with E-state index in [0.29, 0.717) is 6.04 Å². The van der Waals surface area contributed by atoms with Gasteiger partial charge in [0, 0.05) is 13.0 Å². The molecule has 1 N–H and O–H groups in total. The molecule has 4 heteroatoms. The molecule has 0 spiro atoms. The van der Waals surface area contributed by atoms with Gasteiger partial charge in [-0.25, -0.2) is 0 Å². The van der Waals surface area contributed by atoms with Crippen molar-refractivity contribution < 1.29 is 9.59 Å². The summed E-state index contributed by atoms with van der Waals surface area (Å²) in [5.74, 6) is 0.249. The number of rotatable bonds is 3. The van der Waals surface area contributed by atoms with Crippen LogP contribution >= 0.6 is 11.8 Å². The Morgan fingerprint density at radius 1 is 1.55 bits per heavy atom. The number of carbonyl (C=O) groups is 2. The molecule has 0 bridgehead atoms. The molecule has 3 nitrogen and oxygen atoms in total. The highest BCUT2D eigenvalue weighted by atomic mass is 32.2. The number of hydrogen-bond acceptors (Lipinski definition) is 3. The first-order valence-electron chi connectivity index (χ1n) is 3.61. The van der Waals surface area contributed by atoms with Gasteiger partial charge in [0.1, 0.15) is 0 Å². The van der Waals surface area contributed by atoms with Crippen LogP contribution in [0.3, 0.4) is 0 Å². The lowest BCUT2D eigenvalue weighted by molar-refractivity contribution is -0.119. The van der Waals surface area contributed by atoms with Crippen molar-refractivity contribution in [3.8, 4) is 0 Å². The Morgan fingerprint density at radius 2 is 2.18 bits per heavy atom. The Balaban J connectivity index is 2.04. The SMILES string of the molecule is CC(=O)SCC(=O)NC1CC1. The number of nitrogens with one attached hydrogen (secondary N) is 1. The molecule has 1 rings (SSSR count). The molecule has 0 aromatic heterocycles. The lowest BCUT2D eigenvalue weighted by atomic mass is 10.6. The number of carbonyl (C=O) groups excluding carboxylic acids is 2. The van der Waals surface area contributed by atoms with Gasteiger partial charge >= 0.3 is 0 Å². The minimum atomic E-state index is -0.0206. The second-order valence-electron chi connectivity index (χ2n) is 2.62. The van der Waals surface area contributed by atoms with Gasteiger partial charge in [0.25, 0.3) is 0 Å². The average Bonchev–Trinajstić information content (AvgIpc) is 2.67. The molecule has 0 unspecified atom stereocenters. The van der Waals surface area contributed by atoms with Crippen molar-refractivity contribution in [1.29, 1.82) is 0 Å². The first-order valence-corrected chi connectivity index (χ1v) is 4.60. The molecular formula is C7H11NO2S. The molecule has 1 amide bonds. The van der Waals surface area contributed by atoms with E-state index < -0.39 is 0 Å². The van der Waals surface area contributed by atoms with Crippen molar-refractivity contribution in [2.45, 2.75) is 25.8 Å². The van der Waals surface area contributed by atoms with E-state index in [1.165, 1.54) is 6.92 Å². The van der Waals surface area contributed by atoms with E-state index in [1.807, 2.05) is 0 Å². The molecule has 0 aromatic rings. The second-order valence-corrected chi connectivity index (χ2v) is 3.77. The third kappa shape index (κ3) is 4.03. The van der Waals surface area contributed by atoms with Gasteiger partial charge in [0.15, 0.2) is 5.12 Å². The molecular weight excluding hydrogens is 162 g/mol. The van der Waals surface area contributed by atoms with E-state index in [1.54, 1.807) is 0 Å². The van der Waals surface area contributed by atoms with Crippen molar-refractivity contribution >= 4 is 22.8 Å². The third-order valence-electron chi connectivity index (χ3n) is 1.35. The summed E-state index contributed by atoms with van der Waals surface area (Å²) in [4.78, 5) is 21.3. The highest BCUT2D eigenvalue weighted by Crippen LogP contribution is 2.18. The lowest BCUT2D eigenvalue weighted by Gasteiger charge is -1.99. The van der Waals surface area contributed by atoms with Crippen LogP contribution in [0.4, 0.5) is 0 Å². The lowest BCUT2D eigenvalue weighted by Crippen LogP contribution is -2.27. The molecule has 1 fully saturated rings. The van der Waals surface area contributed by atoms with E-state index in [0.717, 1.165) is 24.6 Å². The van der Waals surface area contributed by atoms with Gasteiger partial charge in [-0.05, 0) is 12.8 Å². The van der Waals surface area contributed by atoms with Gasteiger partial charge in [-0.15, -0.1) is 0 Å². The second kappa shape index (κ2) is 3.76. The van der Waals surface area contributed by atoms with Gasteiger partial charge < -0.3 is 5.32 Å². The van der Waals surface area contributed by atoms with Crippen LogP contribution in [-0.2, 0) is 9.59 Å². The Hall–Kier alpha value is -0.510. The van der Waals surface area contributed by atoms with E-state index in [-0.39, 0.29) is 16.8 Å². The van der Waals surface area contributed by atoms with Gasteiger partial charge in [-0.3, -0.25) is 9.59 Å². The molecule has 1 saturated carbocycles. The Labute approximate surface area is 69.9 Å². The number of hydrogen-bond donors (Lipinski definition) is 1. The summed E-state index contributed by atoms with van der Waals surface area (Å²) in [6.45, 7) is 1.47. The van der Waals surface area contributed by atoms with Crippen LogP contribution in [0, 0.1) is 0 Å². The highest BCUT2D eigenvalue weighted by molar-refractivity contribution is 8.14. The number of amides is 1. The summed E-state index contributed by atoms with van der Waals surface area (Å²) < 4.78 is 0. The van der Waals surface area contributed by atoms with Gasteiger partial charge in [0.2, 0.25) is 5.91 Å². The van der Waals surface area contributed by atoms with E-state index in [9.17, 15) is 9.59 Å². The normalized spacial score (nSPS) is 16.1. The van der Waals surface area contributed by atoms with Crippen LogP contribution in [0.25, 0.3) is 0 Å². The van der Waals surface area contributed by atoms with Crippen LogP contribution < -0.4 is 5.32 Å². The maximum Gasteiger partial charge on any atom is 0.230 e. The van der Waals surface area contributed by atoms with Gasteiger partial charge in [-0.1, -0.05) is 11.8 Å². The molecule has 62 valence electrons. The largest absolute Gasteiger partial charge is 0.353 e. The van der Waals surface area contributed by atoms with E-state index >= 15 is 0 Å². The summed E-state index contributed by atoms with van der Waals surface area (Å²) in [5, 5.41) is 2.79. The van der Waals surface area contributed by atoms with Crippen molar-refractivity contribution in [3.63, 3.8) is 0 Å². The van der Waals surface area contributed by atoms with Crippen molar-refractivity contribution in [2.75, 3.05) is 5.75 Å². The van der Waals surface area contributed by atoms with Crippen molar-refractivity contribution in [3.05, 3.63) is 0 Å². The fourth-order valence-electron chi connectivity index (χ4n) is 0.664. The Kier molecular flexibility index (Phi) is 2.93. The summed E-state index contributed by atoms with van der Waals surface area (Å²) in [7, 11) is 0. The zero-order valence-corrected chi connectivity index (χ0v) is 7.24. The summed E-state index contributed by atoms with van der Waals surface area (Å²) in [6.07, 6.45) is 2.19. The molecule has 0 atom stereocenters. The molecule has 1 aliphatic carbocycles. The molecule has 0 saturated heterocycles. The predicted octanol–water partition coefficient (Wildman–Crippen LogP) is 0.545. The van der Waals surface area contributed by atoms with Crippen LogP contribution in [0.15, 0.2) is 0 Å². The van der Waals surface area contributed by atoms with Crippen LogP contribution in [0.5, 0.6) is 0 Å². The van der Waals surface area contributed by atoms with Crippen molar-refractivity contribution in [2.24, 2.45) is 0 Å². The zero-order valence-electron chi connectivity index (χ0n) is 6.42. The molecule has 0 aromatic carbocycles. The first kappa shape index (κ1) is 8.59. The van der Waals surface area contributed by atoms with Gasteiger partial charge in [-0.2, -0.15) is 0 Å². The smallest absolute Gasteiger partial charge is 0.230 e. The fraction of sp³-hybridized carbons (Fsp3) is 0.714. The van der Waals surface area contributed by atoms with E-state index in [4.69, 9.17) is 0 Å². The topological polar surface area (TPSA) is 46.2 Å². The molecule has 0 radical (unpaired) electrons. The minimum absolute atomic E-state index is 0.00375. The van der Waals surface area contributed by atoms with E-state index in [2.05, 4.69) is 5.32 Å². The zero-order chi connectivity index (χ0) is 8.27. The summed E-state index contributed by atoms with van der Waals surface area (Å²) in [5.41, 5.74) is 0. The first-order chi connectivity index (χ1) is 5.18.